The fourth-order valence-corrected chi connectivity index (χ4v) is 11.3. The summed E-state index contributed by atoms with van der Waals surface area (Å²) < 4.78 is 53.9. The van der Waals surface area contributed by atoms with Crippen molar-refractivity contribution in [2.24, 2.45) is 33.7 Å². The number of thioether (sulfide) groups is 2. The number of rotatable bonds is 2. The Morgan fingerprint density at radius 1 is 0.675 bits per heavy atom. The number of hydrogen-bond acceptors (Lipinski definition) is 6. The van der Waals surface area contributed by atoms with Crippen molar-refractivity contribution in [1.82, 2.24) is 10.6 Å². The topological polar surface area (TPSA) is 82.9 Å². The van der Waals surface area contributed by atoms with E-state index in [1.165, 1.54) is 11.8 Å². The lowest BCUT2D eigenvalue weighted by Gasteiger charge is -2.26. The number of halogens is 4. The van der Waals surface area contributed by atoms with Gasteiger partial charge >= 0.3 is 0 Å². The highest BCUT2D eigenvalue weighted by atomic mass is 32.2. The van der Waals surface area contributed by atoms with Gasteiger partial charge in [0.2, 0.25) is 11.8 Å². The van der Waals surface area contributed by atoms with Crippen LogP contribution in [0.25, 0.3) is 0 Å². The Bertz CT molecular complexity index is 1150. The van der Waals surface area contributed by atoms with Crippen molar-refractivity contribution >= 4 is 45.7 Å². The highest BCUT2D eigenvalue weighted by Crippen LogP contribution is 2.56. The van der Waals surface area contributed by atoms with Gasteiger partial charge in [-0.15, -0.1) is 0 Å². The number of carbonyl (C=O) groups is 2. The molecule has 0 aromatic heterocycles. The van der Waals surface area contributed by atoms with Crippen molar-refractivity contribution in [1.29, 1.82) is 0 Å². The highest BCUT2D eigenvalue weighted by molar-refractivity contribution is 8.16. The minimum absolute atomic E-state index is 0.000120. The molecule has 2 amide bonds. The molecule has 2 saturated heterocycles. The SMILES string of the molecule is O=C1NC(=NC2CC3CC2C(F)(F)C3)SC12CCCC2.O=C1NC(=NC2CC3CC2CC3(F)F)SC12CCCC2. The Morgan fingerprint density at radius 2 is 1.23 bits per heavy atom. The van der Waals surface area contributed by atoms with Crippen LogP contribution in [0.4, 0.5) is 17.6 Å². The molecule has 2 N–H and O–H groups in total. The summed E-state index contributed by atoms with van der Waals surface area (Å²) in [5, 5.41) is 6.98. The summed E-state index contributed by atoms with van der Waals surface area (Å²) in [5.74, 6) is -5.93. The molecule has 220 valence electrons. The van der Waals surface area contributed by atoms with Gasteiger partial charge in [-0.1, -0.05) is 49.2 Å². The molecule has 2 spiro atoms. The smallest absolute Gasteiger partial charge is 0.253 e. The minimum Gasteiger partial charge on any atom is -0.304 e. The Balaban J connectivity index is 0.000000132. The van der Waals surface area contributed by atoms with E-state index in [1.54, 1.807) is 11.8 Å². The van der Waals surface area contributed by atoms with Crippen LogP contribution < -0.4 is 10.6 Å². The maximum atomic E-state index is 13.8. The number of amidine groups is 2. The standard InChI is InChI=1S/2C14H18F2N2OS/c15-14(16)7-8-5-9(14)6-10(8)17-12-18-11(19)13(20-12)3-1-2-4-13;15-14(16)7-8-5-9(14)10(6-8)17-12-18-11(19)13(20-12)3-1-2-4-13/h2*8-10H,1-7H2,(H,17,18,19). The molecular formula is C28H36F4N4O2S2. The highest BCUT2D eigenvalue weighted by Gasteiger charge is 2.59. The van der Waals surface area contributed by atoms with E-state index in [2.05, 4.69) is 20.6 Å². The molecule has 12 heteroatoms. The summed E-state index contributed by atoms with van der Waals surface area (Å²) in [6.07, 6.45) is 10.3. The van der Waals surface area contributed by atoms with Gasteiger partial charge in [0.15, 0.2) is 10.3 Å². The maximum Gasteiger partial charge on any atom is 0.253 e. The molecule has 8 fully saturated rings. The van der Waals surface area contributed by atoms with Crippen LogP contribution in [0, 0.1) is 23.7 Å². The number of fused-ring (bicyclic) bond motifs is 4. The molecule has 6 atom stereocenters. The van der Waals surface area contributed by atoms with Crippen molar-refractivity contribution in [2.75, 3.05) is 0 Å². The minimum atomic E-state index is -2.56. The second kappa shape index (κ2) is 9.61. The maximum absolute atomic E-state index is 13.8. The van der Waals surface area contributed by atoms with Crippen molar-refractivity contribution in [3.8, 4) is 0 Å². The van der Waals surface area contributed by atoms with Crippen LogP contribution in [0.3, 0.4) is 0 Å². The molecule has 6 saturated carbocycles. The fraction of sp³-hybridized carbons (Fsp3) is 0.857. The van der Waals surface area contributed by atoms with Crippen LogP contribution in [0.1, 0.15) is 89.9 Å². The van der Waals surface area contributed by atoms with E-state index in [0.717, 1.165) is 57.8 Å². The van der Waals surface area contributed by atoms with E-state index < -0.39 is 23.7 Å². The van der Waals surface area contributed by atoms with Crippen molar-refractivity contribution in [3.63, 3.8) is 0 Å². The van der Waals surface area contributed by atoms with Gasteiger partial charge in [0.1, 0.15) is 9.49 Å². The molecule has 6 unspecified atom stereocenters. The van der Waals surface area contributed by atoms with Crippen molar-refractivity contribution in [2.45, 2.75) is 123 Å². The molecule has 40 heavy (non-hydrogen) atoms. The van der Waals surface area contributed by atoms with Gasteiger partial charge < -0.3 is 10.6 Å². The van der Waals surface area contributed by atoms with Crippen LogP contribution in [0.2, 0.25) is 0 Å². The first-order valence-corrected chi connectivity index (χ1v) is 16.5. The molecular weight excluding hydrogens is 564 g/mol. The largest absolute Gasteiger partial charge is 0.304 e. The van der Waals surface area contributed by atoms with Gasteiger partial charge in [-0.2, -0.15) is 0 Å². The normalized spacial score (nSPS) is 42.8. The summed E-state index contributed by atoms with van der Waals surface area (Å²) in [7, 11) is 0. The summed E-state index contributed by atoms with van der Waals surface area (Å²) in [6, 6.07) is -0.318. The van der Waals surface area contributed by atoms with Crippen LogP contribution in [-0.4, -0.2) is 55.6 Å². The van der Waals surface area contributed by atoms with Gasteiger partial charge in [0, 0.05) is 24.7 Å². The van der Waals surface area contributed by atoms with Gasteiger partial charge in [-0.3, -0.25) is 19.6 Å². The molecule has 0 radical (unpaired) electrons. The third-order valence-corrected chi connectivity index (χ3v) is 13.5. The molecule has 2 heterocycles. The second-order valence-electron chi connectivity index (χ2n) is 13.3. The number of alkyl halides is 4. The lowest BCUT2D eigenvalue weighted by atomic mass is 9.92. The van der Waals surface area contributed by atoms with Crippen molar-refractivity contribution in [3.05, 3.63) is 0 Å². The Hall–Kier alpha value is -1.30. The molecule has 8 aliphatic rings. The summed E-state index contributed by atoms with van der Waals surface area (Å²) in [4.78, 5) is 33.3. The van der Waals surface area contributed by atoms with Crippen molar-refractivity contribution < 1.29 is 27.2 Å². The number of carbonyl (C=O) groups excluding carboxylic acids is 2. The third kappa shape index (κ3) is 4.61. The summed E-state index contributed by atoms with van der Waals surface area (Å²) >= 11 is 3.03. The third-order valence-electron chi connectivity index (χ3n) is 10.8. The van der Waals surface area contributed by atoms with Crippen LogP contribution in [0.5, 0.6) is 0 Å². The van der Waals surface area contributed by atoms with E-state index in [0.29, 0.717) is 29.6 Å². The Kier molecular flexibility index (Phi) is 6.61. The van der Waals surface area contributed by atoms with Gasteiger partial charge in [0.05, 0.1) is 12.1 Å². The first kappa shape index (κ1) is 27.5. The van der Waals surface area contributed by atoms with E-state index in [1.807, 2.05) is 0 Å². The molecule has 6 nitrogen and oxygen atoms in total. The number of nitrogens with zero attached hydrogens (tertiary/aromatic N) is 2. The first-order valence-electron chi connectivity index (χ1n) is 14.9. The fourth-order valence-electron chi connectivity index (χ4n) is 8.66. The number of aliphatic imine (C=N–C) groups is 2. The van der Waals surface area contributed by atoms with Gasteiger partial charge in [-0.25, -0.2) is 17.6 Å². The monoisotopic (exact) mass is 600 g/mol. The predicted molar refractivity (Wildman–Crippen MR) is 148 cm³/mol. The Labute approximate surface area is 240 Å². The lowest BCUT2D eigenvalue weighted by molar-refractivity contribution is -0.122. The van der Waals surface area contributed by atoms with Gasteiger partial charge in [0.25, 0.3) is 11.8 Å². The summed E-state index contributed by atoms with van der Waals surface area (Å²) in [6.45, 7) is 0. The van der Waals surface area contributed by atoms with Gasteiger partial charge in [-0.05, 0) is 63.2 Å². The summed E-state index contributed by atoms with van der Waals surface area (Å²) in [5.41, 5.74) is 0. The van der Waals surface area contributed by atoms with Crippen LogP contribution in [0.15, 0.2) is 9.98 Å². The van der Waals surface area contributed by atoms with E-state index in [-0.39, 0.29) is 58.1 Å². The number of nitrogens with one attached hydrogen (secondary N) is 2. The molecule has 4 bridgehead atoms. The molecule has 2 aliphatic heterocycles. The van der Waals surface area contributed by atoms with Crippen LogP contribution in [-0.2, 0) is 9.59 Å². The molecule has 6 aliphatic carbocycles. The lowest BCUT2D eigenvalue weighted by Crippen LogP contribution is -2.35. The number of hydrogen-bond donors (Lipinski definition) is 2. The zero-order valence-electron chi connectivity index (χ0n) is 22.4. The zero-order chi connectivity index (χ0) is 27.9. The van der Waals surface area contributed by atoms with E-state index in [9.17, 15) is 27.2 Å². The quantitative estimate of drug-likeness (QED) is 0.387. The Morgan fingerprint density at radius 3 is 1.68 bits per heavy atom. The number of amides is 2. The molecule has 0 aromatic rings. The van der Waals surface area contributed by atoms with E-state index in [4.69, 9.17) is 0 Å². The first-order chi connectivity index (χ1) is 19.0. The zero-order valence-corrected chi connectivity index (χ0v) is 24.0. The average Bonchev–Trinajstić information content (AvgIpc) is 3.71. The second-order valence-corrected chi connectivity index (χ2v) is 16.1. The molecule has 8 rings (SSSR count). The van der Waals surface area contributed by atoms with Crippen LogP contribution >= 0.6 is 23.5 Å². The predicted octanol–water partition coefficient (Wildman–Crippen LogP) is 5.90. The van der Waals surface area contributed by atoms with E-state index >= 15 is 0 Å². The molecule has 0 aromatic carbocycles. The average molecular weight is 601 g/mol.